The predicted molar refractivity (Wildman–Crippen MR) is 124 cm³/mol. The third-order valence-electron chi connectivity index (χ3n) is 4.69. The van der Waals surface area contributed by atoms with E-state index in [2.05, 4.69) is 20.9 Å². The van der Waals surface area contributed by atoms with Gasteiger partial charge >= 0.3 is 5.97 Å². The van der Waals surface area contributed by atoms with E-state index >= 15 is 0 Å². The lowest BCUT2D eigenvalue weighted by Crippen LogP contribution is -2.42. The van der Waals surface area contributed by atoms with Gasteiger partial charge in [0.1, 0.15) is 4.90 Å². The molecule has 12 nitrogen and oxygen atoms in total. The summed E-state index contributed by atoms with van der Waals surface area (Å²) < 4.78 is 33.8. The SMILES string of the molecule is O=C(O)c1ccccc1NS(=O)(=O)c1cc([N+](=O)[O-])ccc1NNC(=S)NCC1CCCO1. The van der Waals surface area contributed by atoms with E-state index < -0.39 is 31.5 Å². The van der Waals surface area contributed by atoms with Gasteiger partial charge in [0.05, 0.1) is 28.0 Å². The molecule has 1 unspecified atom stereocenters. The Hall–Kier alpha value is -3.49. The lowest BCUT2D eigenvalue weighted by Gasteiger charge is -2.17. The smallest absolute Gasteiger partial charge is 0.337 e. The molecule has 0 aromatic heterocycles. The average Bonchev–Trinajstić information content (AvgIpc) is 3.29. The molecule has 1 aliphatic heterocycles. The zero-order chi connectivity index (χ0) is 24.0. The molecule has 0 saturated carbocycles. The number of hydrogen-bond acceptors (Lipinski definition) is 8. The summed E-state index contributed by atoms with van der Waals surface area (Å²) in [6.07, 6.45) is 1.89. The van der Waals surface area contributed by atoms with E-state index in [-0.39, 0.29) is 28.2 Å². The number of thiocarbonyl (C=S) groups is 1. The molecule has 1 saturated heterocycles. The normalized spacial score (nSPS) is 15.5. The number of nitrogens with one attached hydrogen (secondary N) is 4. The number of anilines is 2. The fourth-order valence-corrected chi connectivity index (χ4v) is 4.49. The first-order chi connectivity index (χ1) is 15.7. The summed E-state index contributed by atoms with van der Waals surface area (Å²) in [5.41, 5.74) is 4.29. The Morgan fingerprint density at radius 2 is 2.00 bits per heavy atom. The number of para-hydroxylation sites is 1. The van der Waals surface area contributed by atoms with Gasteiger partial charge in [-0.05, 0) is 43.3 Å². The number of non-ortho nitro benzene ring substituents is 1. The summed E-state index contributed by atoms with van der Waals surface area (Å²) in [6, 6.07) is 8.58. The standard InChI is InChI=1S/C19H21N5O7S2/c25-18(26)14-5-1-2-6-15(14)23-33(29,30)17-10-12(24(27)28)7-8-16(17)21-22-19(32)20-11-13-4-3-9-31-13/h1-2,5-8,10,13,21,23H,3-4,9,11H2,(H,25,26)(H2,20,22,32). The molecule has 1 aliphatic rings. The van der Waals surface area contributed by atoms with Crippen molar-refractivity contribution in [2.75, 3.05) is 23.3 Å². The molecule has 5 N–H and O–H groups in total. The first kappa shape index (κ1) is 24.2. The van der Waals surface area contributed by atoms with Crippen LogP contribution in [0.25, 0.3) is 0 Å². The van der Waals surface area contributed by atoms with Crippen LogP contribution in [0.15, 0.2) is 47.4 Å². The zero-order valence-electron chi connectivity index (χ0n) is 17.1. The van der Waals surface area contributed by atoms with Crippen LogP contribution in [-0.4, -0.2) is 48.8 Å². The van der Waals surface area contributed by atoms with Crippen LogP contribution in [0.3, 0.4) is 0 Å². The minimum absolute atomic E-state index is 0.0265. The second-order valence-electron chi connectivity index (χ2n) is 6.99. The van der Waals surface area contributed by atoms with Crippen molar-refractivity contribution >= 4 is 50.4 Å². The Balaban J connectivity index is 1.81. The predicted octanol–water partition coefficient (Wildman–Crippen LogP) is 2.06. The van der Waals surface area contributed by atoms with Gasteiger partial charge in [0.2, 0.25) is 0 Å². The molecule has 3 rings (SSSR count). The minimum Gasteiger partial charge on any atom is -0.478 e. The van der Waals surface area contributed by atoms with Gasteiger partial charge in [-0.1, -0.05) is 12.1 Å². The van der Waals surface area contributed by atoms with Crippen molar-refractivity contribution in [1.82, 2.24) is 10.7 Å². The van der Waals surface area contributed by atoms with Gasteiger partial charge in [-0.3, -0.25) is 25.7 Å². The van der Waals surface area contributed by atoms with Crippen LogP contribution in [-0.2, 0) is 14.8 Å². The highest BCUT2D eigenvalue weighted by Crippen LogP contribution is 2.29. The third-order valence-corrected chi connectivity index (χ3v) is 6.34. The van der Waals surface area contributed by atoms with E-state index in [9.17, 15) is 28.4 Å². The number of nitro benzene ring substituents is 1. The number of carbonyl (C=O) groups is 1. The molecule has 1 atom stereocenters. The van der Waals surface area contributed by atoms with E-state index in [0.29, 0.717) is 13.2 Å². The van der Waals surface area contributed by atoms with Crippen LogP contribution in [0.2, 0.25) is 0 Å². The third kappa shape index (κ3) is 6.27. The maximum atomic E-state index is 13.1. The number of nitro groups is 1. The Kier molecular flexibility index (Phi) is 7.63. The van der Waals surface area contributed by atoms with Crippen LogP contribution in [0.5, 0.6) is 0 Å². The van der Waals surface area contributed by atoms with Crippen molar-refractivity contribution in [1.29, 1.82) is 0 Å². The number of nitrogens with zero attached hydrogens (tertiary/aromatic N) is 1. The molecule has 0 amide bonds. The maximum absolute atomic E-state index is 13.1. The number of sulfonamides is 1. The molecule has 2 aromatic carbocycles. The second-order valence-corrected chi connectivity index (χ2v) is 9.05. The minimum atomic E-state index is -4.43. The summed E-state index contributed by atoms with van der Waals surface area (Å²) in [7, 11) is -4.43. The molecule has 0 radical (unpaired) electrons. The number of hydrogen-bond donors (Lipinski definition) is 5. The van der Waals surface area contributed by atoms with Crippen LogP contribution in [0.1, 0.15) is 23.2 Å². The number of aromatic carboxylic acids is 1. The topological polar surface area (TPSA) is 172 Å². The Morgan fingerprint density at radius 1 is 1.24 bits per heavy atom. The Labute approximate surface area is 194 Å². The zero-order valence-corrected chi connectivity index (χ0v) is 18.7. The molecule has 1 fully saturated rings. The van der Waals surface area contributed by atoms with Crippen LogP contribution >= 0.6 is 12.2 Å². The number of ether oxygens (including phenoxy) is 1. The number of benzene rings is 2. The lowest BCUT2D eigenvalue weighted by atomic mass is 10.2. The molecule has 0 bridgehead atoms. The van der Waals surface area contributed by atoms with Crippen molar-refractivity contribution in [3.05, 3.63) is 58.1 Å². The van der Waals surface area contributed by atoms with E-state index in [0.717, 1.165) is 25.0 Å². The van der Waals surface area contributed by atoms with Gasteiger partial charge in [0.25, 0.3) is 15.7 Å². The second kappa shape index (κ2) is 10.4. The van der Waals surface area contributed by atoms with Gasteiger partial charge in [-0.2, -0.15) is 0 Å². The lowest BCUT2D eigenvalue weighted by molar-refractivity contribution is -0.385. The molecule has 2 aromatic rings. The molecule has 1 heterocycles. The monoisotopic (exact) mass is 495 g/mol. The fourth-order valence-electron chi connectivity index (χ4n) is 3.09. The van der Waals surface area contributed by atoms with E-state index in [4.69, 9.17) is 17.0 Å². The fraction of sp³-hybridized carbons (Fsp3) is 0.263. The molecular weight excluding hydrogens is 474 g/mol. The summed E-state index contributed by atoms with van der Waals surface area (Å²) in [5.74, 6) is -1.34. The van der Waals surface area contributed by atoms with Crippen molar-refractivity contribution in [2.45, 2.75) is 23.8 Å². The first-order valence-electron chi connectivity index (χ1n) is 9.72. The molecule has 176 valence electrons. The van der Waals surface area contributed by atoms with Crippen molar-refractivity contribution in [2.24, 2.45) is 0 Å². The molecule has 33 heavy (non-hydrogen) atoms. The number of carboxylic acids is 1. The largest absolute Gasteiger partial charge is 0.478 e. The van der Waals surface area contributed by atoms with Gasteiger partial charge in [-0.25, -0.2) is 13.2 Å². The number of rotatable bonds is 9. The highest BCUT2D eigenvalue weighted by atomic mass is 32.2. The Morgan fingerprint density at radius 3 is 2.67 bits per heavy atom. The highest BCUT2D eigenvalue weighted by Gasteiger charge is 2.25. The molecule has 0 spiro atoms. The summed E-state index contributed by atoms with van der Waals surface area (Å²) in [4.78, 5) is 21.4. The summed E-state index contributed by atoms with van der Waals surface area (Å²) >= 11 is 5.16. The first-order valence-corrected chi connectivity index (χ1v) is 11.6. The molecule has 14 heteroatoms. The van der Waals surface area contributed by atoms with Crippen LogP contribution < -0.4 is 20.9 Å². The summed E-state index contributed by atoms with van der Waals surface area (Å²) in [5, 5.41) is 23.6. The van der Waals surface area contributed by atoms with Gasteiger partial charge < -0.3 is 15.2 Å². The van der Waals surface area contributed by atoms with Crippen molar-refractivity contribution in [3.63, 3.8) is 0 Å². The van der Waals surface area contributed by atoms with Crippen LogP contribution in [0.4, 0.5) is 17.1 Å². The quantitative estimate of drug-likeness (QED) is 0.196. The van der Waals surface area contributed by atoms with Crippen LogP contribution in [0, 0.1) is 10.1 Å². The summed E-state index contributed by atoms with van der Waals surface area (Å²) in [6.45, 7) is 1.15. The Bertz CT molecular complexity index is 1170. The highest BCUT2D eigenvalue weighted by molar-refractivity contribution is 7.93. The maximum Gasteiger partial charge on any atom is 0.337 e. The number of hydrazine groups is 1. The van der Waals surface area contributed by atoms with Crippen molar-refractivity contribution in [3.8, 4) is 0 Å². The van der Waals surface area contributed by atoms with E-state index in [1.165, 1.54) is 30.3 Å². The average molecular weight is 496 g/mol. The van der Waals surface area contributed by atoms with Crippen molar-refractivity contribution < 1.29 is 28.0 Å². The van der Waals surface area contributed by atoms with Gasteiger partial charge in [0, 0.05) is 25.3 Å². The van der Waals surface area contributed by atoms with Gasteiger partial charge in [0.15, 0.2) is 5.11 Å². The number of carboxylic acid groups (broad SMARTS) is 1. The van der Waals surface area contributed by atoms with E-state index in [1.807, 2.05) is 0 Å². The molecular formula is C19H21N5O7S2. The molecule has 0 aliphatic carbocycles. The van der Waals surface area contributed by atoms with Gasteiger partial charge in [-0.15, -0.1) is 0 Å². The van der Waals surface area contributed by atoms with E-state index in [1.54, 1.807) is 0 Å².